The molecule has 6 heteroatoms. The van der Waals surface area contributed by atoms with Crippen molar-refractivity contribution in [1.29, 1.82) is 0 Å². The fraction of sp³-hybridized carbons (Fsp3) is 0.400. The molecule has 1 aromatic heterocycles. The van der Waals surface area contributed by atoms with Crippen molar-refractivity contribution in [3.63, 3.8) is 0 Å². The number of aryl methyl sites for hydroxylation is 2. The van der Waals surface area contributed by atoms with E-state index in [4.69, 9.17) is 0 Å². The normalized spacial score (nSPS) is 12.7. The lowest BCUT2D eigenvalue weighted by atomic mass is 10.0. The highest BCUT2D eigenvalue weighted by molar-refractivity contribution is 9.10. The largest absolute Gasteiger partial charge is 0.310 e. The zero-order chi connectivity index (χ0) is 15.6. The molecule has 2 aromatic rings. The molecule has 3 nitrogen and oxygen atoms in total. The molecule has 1 unspecified atom stereocenters. The Morgan fingerprint density at radius 1 is 1.38 bits per heavy atom. The van der Waals surface area contributed by atoms with Crippen molar-refractivity contribution >= 4 is 31.9 Å². The molecule has 1 aromatic carbocycles. The maximum absolute atomic E-state index is 13.8. The van der Waals surface area contributed by atoms with E-state index in [9.17, 15) is 4.39 Å². The Morgan fingerprint density at radius 3 is 2.62 bits per heavy atom. The van der Waals surface area contributed by atoms with Gasteiger partial charge in [0.05, 0.1) is 20.3 Å². The van der Waals surface area contributed by atoms with Gasteiger partial charge in [-0.1, -0.05) is 13.0 Å². The summed E-state index contributed by atoms with van der Waals surface area (Å²) in [5.41, 5.74) is 3.00. The molecule has 0 aliphatic heterocycles. The lowest BCUT2D eigenvalue weighted by molar-refractivity contribution is 0.522. The van der Waals surface area contributed by atoms with Crippen LogP contribution in [0.1, 0.15) is 29.9 Å². The Morgan fingerprint density at radius 2 is 2.10 bits per heavy atom. The molecule has 0 saturated heterocycles. The summed E-state index contributed by atoms with van der Waals surface area (Å²) in [5.74, 6) is -0.240. The third kappa shape index (κ3) is 3.73. The van der Waals surface area contributed by atoms with Crippen molar-refractivity contribution in [3.05, 3.63) is 49.9 Å². The molecule has 0 bridgehead atoms. The summed E-state index contributed by atoms with van der Waals surface area (Å²) in [6.07, 6.45) is 0.743. The number of likely N-dealkylation sites (N-methyl/N-ethyl adjacent to an activating group) is 1. The molecule has 2 rings (SSSR count). The highest BCUT2D eigenvalue weighted by Gasteiger charge is 2.18. The molecule has 21 heavy (non-hydrogen) atoms. The summed E-state index contributed by atoms with van der Waals surface area (Å²) in [7, 11) is 1.93. The lowest BCUT2D eigenvalue weighted by Gasteiger charge is -2.19. The number of rotatable bonds is 5. The van der Waals surface area contributed by atoms with Gasteiger partial charge < -0.3 is 5.32 Å². The first-order valence-electron chi connectivity index (χ1n) is 6.80. The average Bonchev–Trinajstić information content (AvgIpc) is 2.68. The summed E-state index contributed by atoms with van der Waals surface area (Å²) in [6.45, 7) is 4.83. The summed E-state index contributed by atoms with van der Waals surface area (Å²) in [6, 6.07) is 5.31. The van der Waals surface area contributed by atoms with E-state index in [-0.39, 0.29) is 11.9 Å². The zero-order valence-electron chi connectivity index (χ0n) is 12.3. The van der Waals surface area contributed by atoms with Crippen LogP contribution in [0.5, 0.6) is 0 Å². The highest BCUT2D eigenvalue weighted by Crippen LogP contribution is 2.27. The van der Waals surface area contributed by atoms with Gasteiger partial charge in [0.15, 0.2) is 0 Å². The smallest absolute Gasteiger partial charge is 0.137 e. The molecular formula is C15H18Br2FN3. The van der Waals surface area contributed by atoms with E-state index in [0.717, 1.165) is 34.4 Å². The Bertz CT molecular complexity index is 640. The summed E-state index contributed by atoms with van der Waals surface area (Å²) < 4.78 is 17.2. The molecule has 0 saturated carbocycles. The van der Waals surface area contributed by atoms with E-state index >= 15 is 0 Å². The van der Waals surface area contributed by atoms with E-state index < -0.39 is 0 Å². The van der Waals surface area contributed by atoms with E-state index in [0.29, 0.717) is 4.47 Å². The zero-order valence-corrected chi connectivity index (χ0v) is 15.4. The monoisotopic (exact) mass is 417 g/mol. The Hall–Kier alpha value is -0.720. The standard InChI is InChI=1S/C15H18Br2FN3/c1-4-19-13(10-5-6-11(16)12(18)7-10)8-14-15(17)9(2)20-21(14)3/h5-7,13,19H,4,8H2,1-3H3. The maximum Gasteiger partial charge on any atom is 0.137 e. The topological polar surface area (TPSA) is 29.9 Å². The molecule has 0 aliphatic carbocycles. The van der Waals surface area contributed by atoms with Crippen LogP contribution in [0.25, 0.3) is 0 Å². The van der Waals surface area contributed by atoms with Gasteiger partial charge in [-0.05, 0) is 63.0 Å². The number of halogens is 3. The quantitative estimate of drug-likeness (QED) is 0.784. The number of nitrogens with zero attached hydrogens (tertiary/aromatic N) is 2. The van der Waals surface area contributed by atoms with Gasteiger partial charge in [0.25, 0.3) is 0 Å². The fourth-order valence-corrected chi connectivity index (χ4v) is 3.12. The van der Waals surface area contributed by atoms with Crippen molar-refractivity contribution in [2.24, 2.45) is 7.05 Å². The van der Waals surface area contributed by atoms with Gasteiger partial charge in [-0.2, -0.15) is 5.10 Å². The van der Waals surface area contributed by atoms with E-state index in [1.807, 2.05) is 31.6 Å². The molecule has 114 valence electrons. The van der Waals surface area contributed by atoms with Crippen LogP contribution in [0, 0.1) is 12.7 Å². The van der Waals surface area contributed by atoms with Gasteiger partial charge in [0.2, 0.25) is 0 Å². The van der Waals surface area contributed by atoms with Crippen molar-refractivity contribution in [1.82, 2.24) is 15.1 Å². The van der Waals surface area contributed by atoms with Crippen LogP contribution in [0.2, 0.25) is 0 Å². The molecule has 0 spiro atoms. The third-order valence-electron chi connectivity index (χ3n) is 3.46. The van der Waals surface area contributed by atoms with Gasteiger partial charge in [-0.15, -0.1) is 0 Å². The molecule has 1 atom stereocenters. The summed E-state index contributed by atoms with van der Waals surface area (Å²) in [4.78, 5) is 0. The Kier molecular flexibility index (Phi) is 5.57. The summed E-state index contributed by atoms with van der Waals surface area (Å²) in [5, 5.41) is 7.82. The minimum absolute atomic E-state index is 0.0451. The predicted molar refractivity (Wildman–Crippen MR) is 89.9 cm³/mol. The molecule has 0 amide bonds. The van der Waals surface area contributed by atoms with Crippen molar-refractivity contribution < 1.29 is 4.39 Å². The van der Waals surface area contributed by atoms with Crippen LogP contribution >= 0.6 is 31.9 Å². The fourth-order valence-electron chi connectivity index (χ4n) is 2.38. The van der Waals surface area contributed by atoms with Crippen LogP contribution in [0.3, 0.4) is 0 Å². The van der Waals surface area contributed by atoms with Crippen LogP contribution in [-0.2, 0) is 13.5 Å². The number of benzene rings is 1. The van der Waals surface area contributed by atoms with Crippen LogP contribution in [0.15, 0.2) is 27.1 Å². The van der Waals surface area contributed by atoms with Crippen LogP contribution in [0.4, 0.5) is 4.39 Å². The van der Waals surface area contributed by atoms with Crippen LogP contribution in [-0.4, -0.2) is 16.3 Å². The Labute approximate surface area is 141 Å². The van der Waals surface area contributed by atoms with Gasteiger partial charge in [0.1, 0.15) is 5.82 Å². The highest BCUT2D eigenvalue weighted by atomic mass is 79.9. The van der Waals surface area contributed by atoms with E-state index in [2.05, 4.69) is 42.3 Å². The van der Waals surface area contributed by atoms with E-state index in [1.165, 1.54) is 0 Å². The first kappa shape index (κ1) is 16.6. The minimum Gasteiger partial charge on any atom is -0.310 e. The molecule has 1 N–H and O–H groups in total. The molecule has 0 radical (unpaired) electrons. The summed E-state index contributed by atoms with van der Waals surface area (Å²) >= 11 is 6.78. The second-order valence-corrected chi connectivity index (χ2v) is 6.60. The molecule has 1 heterocycles. The number of nitrogens with one attached hydrogen (secondary N) is 1. The number of aromatic nitrogens is 2. The van der Waals surface area contributed by atoms with Gasteiger partial charge in [-0.25, -0.2) is 4.39 Å². The number of hydrogen-bond acceptors (Lipinski definition) is 2. The molecular weight excluding hydrogens is 401 g/mol. The first-order chi connectivity index (χ1) is 9.93. The van der Waals surface area contributed by atoms with Crippen molar-refractivity contribution in [2.45, 2.75) is 26.3 Å². The Balaban J connectivity index is 2.32. The molecule has 0 fully saturated rings. The number of hydrogen-bond donors (Lipinski definition) is 1. The van der Waals surface area contributed by atoms with Crippen LogP contribution < -0.4 is 5.32 Å². The maximum atomic E-state index is 13.8. The lowest BCUT2D eigenvalue weighted by Crippen LogP contribution is -2.24. The van der Waals surface area contributed by atoms with Gasteiger partial charge in [-0.3, -0.25) is 4.68 Å². The van der Waals surface area contributed by atoms with Crippen molar-refractivity contribution in [3.8, 4) is 0 Å². The van der Waals surface area contributed by atoms with Gasteiger partial charge in [0, 0.05) is 19.5 Å². The predicted octanol–water partition coefficient (Wildman–Crippen LogP) is 4.29. The minimum atomic E-state index is -0.240. The SMILES string of the molecule is CCNC(Cc1c(Br)c(C)nn1C)c1ccc(Br)c(F)c1. The first-order valence-corrected chi connectivity index (χ1v) is 8.39. The molecule has 0 aliphatic rings. The van der Waals surface area contributed by atoms with E-state index in [1.54, 1.807) is 12.1 Å². The second-order valence-electron chi connectivity index (χ2n) is 4.96. The van der Waals surface area contributed by atoms with Crippen molar-refractivity contribution in [2.75, 3.05) is 6.54 Å². The second kappa shape index (κ2) is 7.03. The van der Waals surface area contributed by atoms with Gasteiger partial charge >= 0.3 is 0 Å². The third-order valence-corrected chi connectivity index (χ3v) is 5.13. The average molecular weight is 419 g/mol.